The normalized spacial score (nSPS) is 10.8. The molecule has 0 radical (unpaired) electrons. The van der Waals surface area contributed by atoms with E-state index < -0.39 is 5.97 Å². The summed E-state index contributed by atoms with van der Waals surface area (Å²) in [6.45, 7) is 2.47. The van der Waals surface area contributed by atoms with Crippen molar-refractivity contribution in [3.63, 3.8) is 0 Å². The number of benzene rings is 1. The van der Waals surface area contributed by atoms with Crippen LogP contribution < -0.4 is 10.2 Å². The third kappa shape index (κ3) is 4.83. The third-order valence-corrected chi connectivity index (χ3v) is 5.32. The molecule has 0 aliphatic rings. The number of carboxylic acids is 1. The van der Waals surface area contributed by atoms with Gasteiger partial charge in [-0.3, -0.25) is 9.59 Å². The second kappa shape index (κ2) is 8.79. The number of anilines is 1. The van der Waals surface area contributed by atoms with Gasteiger partial charge in [0.25, 0.3) is 0 Å². The Hall–Kier alpha value is -3.00. The number of carbonyl (C=O) groups excluding carboxylic acids is 1. The molecule has 0 saturated heterocycles. The number of nitrogens with one attached hydrogen (secondary N) is 1. The number of aromatic nitrogens is 2. The first-order chi connectivity index (χ1) is 13.4. The summed E-state index contributed by atoms with van der Waals surface area (Å²) in [5.74, 6) is 0.370. The smallest absolute Gasteiger partial charge is 0.305 e. The first-order valence-electron chi connectivity index (χ1n) is 8.97. The standard InChI is InChI=1S/C20H22N4O3S/c1-13-22-19(24(2)11-9-17(25)21-10-8-18(26)27)15-12-16(28-20(15)23-13)14-6-4-3-5-7-14/h3-7,12H,8-11H2,1-2H3,(H,21,25)(H,26,27). The average Bonchev–Trinajstić information content (AvgIpc) is 3.09. The summed E-state index contributed by atoms with van der Waals surface area (Å²) in [5, 5.41) is 12.2. The lowest BCUT2D eigenvalue weighted by Crippen LogP contribution is -2.30. The zero-order valence-corrected chi connectivity index (χ0v) is 16.6. The van der Waals surface area contributed by atoms with Gasteiger partial charge in [0.05, 0.1) is 11.8 Å². The summed E-state index contributed by atoms with van der Waals surface area (Å²) in [7, 11) is 1.89. The van der Waals surface area contributed by atoms with Crippen molar-refractivity contribution < 1.29 is 14.7 Å². The predicted molar refractivity (Wildman–Crippen MR) is 111 cm³/mol. The molecule has 0 unspecified atom stereocenters. The highest BCUT2D eigenvalue weighted by molar-refractivity contribution is 7.21. The van der Waals surface area contributed by atoms with Gasteiger partial charge in [0.15, 0.2) is 0 Å². The van der Waals surface area contributed by atoms with Crippen LogP contribution in [0.3, 0.4) is 0 Å². The van der Waals surface area contributed by atoms with Crippen molar-refractivity contribution in [3.05, 3.63) is 42.2 Å². The van der Waals surface area contributed by atoms with Gasteiger partial charge in [-0.15, -0.1) is 11.3 Å². The van der Waals surface area contributed by atoms with Gasteiger partial charge in [0, 0.05) is 31.4 Å². The lowest BCUT2D eigenvalue weighted by molar-refractivity contribution is -0.136. The lowest BCUT2D eigenvalue weighted by atomic mass is 10.2. The molecule has 2 N–H and O–H groups in total. The molecule has 0 saturated carbocycles. The molecular weight excluding hydrogens is 376 g/mol. The van der Waals surface area contributed by atoms with Crippen LogP contribution >= 0.6 is 11.3 Å². The molecule has 8 heteroatoms. The molecule has 2 heterocycles. The van der Waals surface area contributed by atoms with Crippen molar-refractivity contribution in [2.24, 2.45) is 0 Å². The van der Waals surface area contributed by atoms with E-state index >= 15 is 0 Å². The minimum Gasteiger partial charge on any atom is -0.481 e. The van der Waals surface area contributed by atoms with Crippen LogP contribution in [0.25, 0.3) is 20.7 Å². The Balaban J connectivity index is 1.75. The number of nitrogens with zero attached hydrogens (tertiary/aromatic N) is 3. The van der Waals surface area contributed by atoms with Crippen molar-refractivity contribution in [3.8, 4) is 10.4 Å². The van der Waals surface area contributed by atoms with Crippen molar-refractivity contribution in [2.45, 2.75) is 19.8 Å². The SMILES string of the molecule is Cc1nc(N(C)CCC(=O)NCCC(=O)O)c2cc(-c3ccccc3)sc2n1. The van der Waals surface area contributed by atoms with E-state index in [2.05, 4.69) is 33.5 Å². The number of rotatable bonds is 8. The second-order valence-electron chi connectivity index (χ2n) is 6.46. The topological polar surface area (TPSA) is 95.4 Å². The maximum atomic E-state index is 11.9. The van der Waals surface area contributed by atoms with Gasteiger partial charge in [-0.25, -0.2) is 9.97 Å². The predicted octanol–water partition coefficient (Wildman–Crippen LogP) is 3.08. The summed E-state index contributed by atoms with van der Waals surface area (Å²) >= 11 is 1.62. The molecule has 0 aliphatic heterocycles. The van der Waals surface area contributed by atoms with Crippen LogP contribution in [0.4, 0.5) is 5.82 Å². The quantitative estimate of drug-likeness (QED) is 0.605. The van der Waals surface area contributed by atoms with Gasteiger partial charge in [-0.05, 0) is 18.6 Å². The van der Waals surface area contributed by atoms with Crippen LogP contribution in [0.1, 0.15) is 18.7 Å². The zero-order valence-electron chi connectivity index (χ0n) is 15.8. The van der Waals surface area contributed by atoms with Gasteiger partial charge < -0.3 is 15.3 Å². The largest absolute Gasteiger partial charge is 0.481 e. The first kappa shape index (κ1) is 19.8. The molecule has 7 nitrogen and oxygen atoms in total. The number of fused-ring (bicyclic) bond motifs is 1. The molecule has 146 valence electrons. The number of thiophene rings is 1. The Morgan fingerprint density at radius 3 is 2.64 bits per heavy atom. The Bertz CT molecular complexity index is 988. The molecular formula is C20H22N4O3S. The number of aliphatic carboxylic acids is 1. The monoisotopic (exact) mass is 398 g/mol. The van der Waals surface area contributed by atoms with E-state index in [1.807, 2.05) is 37.1 Å². The summed E-state index contributed by atoms with van der Waals surface area (Å²) in [4.78, 5) is 35.6. The third-order valence-electron chi connectivity index (χ3n) is 4.24. The van der Waals surface area contributed by atoms with E-state index in [0.717, 1.165) is 26.5 Å². The van der Waals surface area contributed by atoms with E-state index in [4.69, 9.17) is 5.11 Å². The molecule has 0 fully saturated rings. The molecule has 0 spiro atoms. The van der Waals surface area contributed by atoms with E-state index in [9.17, 15) is 9.59 Å². The number of carboxylic acid groups (broad SMARTS) is 1. The lowest BCUT2D eigenvalue weighted by Gasteiger charge is -2.19. The molecule has 28 heavy (non-hydrogen) atoms. The summed E-state index contributed by atoms with van der Waals surface area (Å²) in [6, 6.07) is 12.2. The molecule has 3 rings (SSSR count). The van der Waals surface area contributed by atoms with E-state index in [-0.39, 0.29) is 25.3 Å². The van der Waals surface area contributed by atoms with Crippen LogP contribution in [0, 0.1) is 6.92 Å². The Morgan fingerprint density at radius 1 is 1.18 bits per heavy atom. The molecule has 1 aromatic carbocycles. The van der Waals surface area contributed by atoms with E-state index in [1.54, 1.807) is 11.3 Å². The molecule has 3 aromatic rings. The van der Waals surface area contributed by atoms with Gasteiger partial charge >= 0.3 is 5.97 Å². The van der Waals surface area contributed by atoms with Crippen LogP contribution in [0.5, 0.6) is 0 Å². The zero-order chi connectivity index (χ0) is 20.1. The highest BCUT2D eigenvalue weighted by Crippen LogP contribution is 2.36. The molecule has 0 aliphatic carbocycles. The number of hydrogen-bond acceptors (Lipinski definition) is 6. The van der Waals surface area contributed by atoms with E-state index in [1.165, 1.54) is 0 Å². The Kier molecular flexibility index (Phi) is 6.20. The maximum Gasteiger partial charge on any atom is 0.305 e. The molecule has 2 aromatic heterocycles. The van der Waals surface area contributed by atoms with Crippen LogP contribution in [-0.2, 0) is 9.59 Å². The number of aryl methyl sites for hydroxylation is 1. The minimum atomic E-state index is -0.928. The first-order valence-corrected chi connectivity index (χ1v) is 9.79. The fourth-order valence-corrected chi connectivity index (χ4v) is 3.90. The fraction of sp³-hybridized carbons (Fsp3) is 0.300. The van der Waals surface area contributed by atoms with Crippen LogP contribution in [0.2, 0.25) is 0 Å². The van der Waals surface area contributed by atoms with Crippen molar-refractivity contribution in [1.29, 1.82) is 0 Å². The number of amides is 1. The maximum absolute atomic E-state index is 11.9. The van der Waals surface area contributed by atoms with Crippen LogP contribution in [-0.4, -0.2) is 47.1 Å². The van der Waals surface area contributed by atoms with Crippen molar-refractivity contribution >= 4 is 39.2 Å². The minimum absolute atomic E-state index is 0.0789. The van der Waals surface area contributed by atoms with Gasteiger partial charge in [-0.1, -0.05) is 30.3 Å². The Labute approximate surface area is 167 Å². The van der Waals surface area contributed by atoms with Gasteiger partial charge in [0.2, 0.25) is 5.91 Å². The second-order valence-corrected chi connectivity index (χ2v) is 7.49. The molecule has 0 atom stereocenters. The molecule has 0 bridgehead atoms. The summed E-state index contributed by atoms with van der Waals surface area (Å²) < 4.78 is 0. The highest BCUT2D eigenvalue weighted by atomic mass is 32.1. The summed E-state index contributed by atoms with van der Waals surface area (Å²) in [5.41, 5.74) is 1.13. The number of carbonyl (C=O) groups is 2. The summed E-state index contributed by atoms with van der Waals surface area (Å²) in [6.07, 6.45) is 0.181. The molecule has 1 amide bonds. The van der Waals surface area contributed by atoms with Crippen molar-refractivity contribution in [1.82, 2.24) is 15.3 Å². The van der Waals surface area contributed by atoms with E-state index in [0.29, 0.717) is 12.4 Å². The van der Waals surface area contributed by atoms with Crippen LogP contribution in [0.15, 0.2) is 36.4 Å². The Morgan fingerprint density at radius 2 is 1.93 bits per heavy atom. The highest BCUT2D eigenvalue weighted by Gasteiger charge is 2.15. The van der Waals surface area contributed by atoms with Gasteiger partial charge in [0.1, 0.15) is 16.5 Å². The average molecular weight is 398 g/mol. The number of hydrogen-bond donors (Lipinski definition) is 2. The van der Waals surface area contributed by atoms with Crippen molar-refractivity contribution in [2.75, 3.05) is 25.0 Å². The van der Waals surface area contributed by atoms with Gasteiger partial charge in [-0.2, -0.15) is 0 Å². The fourth-order valence-electron chi connectivity index (χ4n) is 2.82.